The summed E-state index contributed by atoms with van der Waals surface area (Å²) >= 11 is 3.21. The molecule has 0 fully saturated rings. The Morgan fingerprint density at radius 2 is 2.00 bits per heavy atom. The molecule has 4 heteroatoms. The smallest absolute Gasteiger partial charge is 0.137 e. The fourth-order valence-electron chi connectivity index (χ4n) is 2.08. The van der Waals surface area contributed by atoms with E-state index >= 15 is 0 Å². The molecule has 1 rings (SSSR count). The topological polar surface area (TPSA) is 32.3 Å². The first-order chi connectivity index (χ1) is 8.75. The summed E-state index contributed by atoms with van der Waals surface area (Å²) in [4.78, 5) is 0. The summed E-state index contributed by atoms with van der Waals surface area (Å²) in [7, 11) is 0. The quantitative estimate of drug-likeness (QED) is 0.853. The van der Waals surface area contributed by atoms with Crippen LogP contribution in [0.25, 0.3) is 0 Å². The lowest BCUT2D eigenvalue weighted by Crippen LogP contribution is -2.42. The van der Waals surface area contributed by atoms with Crippen molar-refractivity contribution in [3.63, 3.8) is 0 Å². The second kappa shape index (κ2) is 6.82. The summed E-state index contributed by atoms with van der Waals surface area (Å²) in [6.45, 7) is 8.65. The van der Waals surface area contributed by atoms with Crippen LogP contribution in [0.4, 0.5) is 4.39 Å². The molecule has 2 unspecified atom stereocenters. The number of rotatable bonds is 5. The molecule has 0 radical (unpaired) electrons. The Balaban J connectivity index is 2.81. The maximum absolute atomic E-state index is 13.2. The highest BCUT2D eigenvalue weighted by Crippen LogP contribution is 2.26. The second-order valence-electron chi connectivity index (χ2n) is 5.99. The molecule has 108 valence electrons. The molecule has 0 spiro atoms. The third-order valence-electron chi connectivity index (χ3n) is 3.36. The minimum absolute atomic E-state index is 0.0637. The largest absolute Gasteiger partial charge is 0.396 e. The predicted molar refractivity (Wildman–Crippen MR) is 80.6 cm³/mol. The van der Waals surface area contributed by atoms with Crippen molar-refractivity contribution in [3.05, 3.63) is 34.1 Å². The van der Waals surface area contributed by atoms with Crippen LogP contribution >= 0.6 is 15.9 Å². The van der Waals surface area contributed by atoms with Crippen molar-refractivity contribution in [2.24, 2.45) is 5.41 Å². The molecule has 0 saturated heterocycles. The van der Waals surface area contributed by atoms with Crippen LogP contribution in [-0.4, -0.2) is 17.8 Å². The molecular weight excluding hydrogens is 309 g/mol. The third-order valence-corrected chi connectivity index (χ3v) is 3.97. The van der Waals surface area contributed by atoms with Gasteiger partial charge in [-0.05, 0) is 52.4 Å². The average molecular weight is 332 g/mol. The van der Waals surface area contributed by atoms with Gasteiger partial charge in [-0.15, -0.1) is 0 Å². The molecule has 0 aliphatic carbocycles. The van der Waals surface area contributed by atoms with Gasteiger partial charge in [-0.3, -0.25) is 0 Å². The number of benzene rings is 1. The number of hydrogen-bond donors (Lipinski definition) is 2. The van der Waals surface area contributed by atoms with Gasteiger partial charge in [0.05, 0.1) is 4.47 Å². The van der Waals surface area contributed by atoms with Crippen molar-refractivity contribution < 1.29 is 9.50 Å². The van der Waals surface area contributed by atoms with Crippen LogP contribution in [0.2, 0.25) is 0 Å². The van der Waals surface area contributed by atoms with Crippen LogP contribution in [-0.2, 0) is 0 Å². The number of nitrogens with one attached hydrogen (secondary N) is 1. The average Bonchev–Trinajstić information content (AvgIpc) is 2.30. The van der Waals surface area contributed by atoms with E-state index in [2.05, 4.69) is 48.9 Å². The molecule has 0 aliphatic rings. The first kappa shape index (κ1) is 16.6. The lowest BCUT2D eigenvalue weighted by molar-refractivity contribution is 0.188. The van der Waals surface area contributed by atoms with E-state index in [9.17, 15) is 4.39 Å². The van der Waals surface area contributed by atoms with Crippen LogP contribution in [0, 0.1) is 11.2 Å². The minimum Gasteiger partial charge on any atom is -0.396 e. The summed E-state index contributed by atoms with van der Waals surface area (Å²) < 4.78 is 13.7. The van der Waals surface area contributed by atoms with Crippen LogP contribution in [0.1, 0.15) is 45.7 Å². The number of aliphatic hydroxyl groups excluding tert-OH is 1. The van der Waals surface area contributed by atoms with Crippen molar-refractivity contribution in [3.8, 4) is 0 Å². The van der Waals surface area contributed by atoms with E-state index in [1.54, 1.807) is 12.1 Å². The van der Waals surface area contributed by atoms with Crippen LogP contribution < -0.4 is 5.32 Å². The van der Waals surface area contributed by atoms with E-state index in [-0.39, 0.29) is 29.9 Å². The van der Waals surface area contributed by atoms with Crippen LogP contribution in [0.15, 0.2) is 22.7 Å². The first-order valence-electron chi connectivity index (χ1n) is 6.57. The third kappa shape index (κ3) is 4.86. The molecule has 2 N–H and O–H groups in total. The van der Waals surface area contributed by atoms with E-state index in [0.717, 1.165) is 5.56 Å². The second-order valence-corrected chi connectivity index (χ2v) is 6.85. The summed E-state index contributed by atoms with van der Waals surface area (Å²) in [6.07, 6.45) is 0.705. The van der Waals surface area contributed by atoms with Gasteiger partial charge in [0.25, 0.3) is 0 Å². The van der Waals surface area contributed by atoms with Gasteiger partial charge in [-0.25, -0.2) is 4.39 Å². The first-order valence-corrected chi connectivity index (χ1v) is 7.37. The van der Waals surface area contributed by atoms with Gasteiger partial charge in [-0.2, -0.15) is 0 Å². The molecule has 2 nitrogen and oxygen atoms in total. The van der Waals surface area contributed by atoms with Crippen LogP contribution in [0.5, 0.6) is 0 Å². The summed E-state index contributed by atoms with van der Waals surface area (Å²) in [5.41, 5.74) is 1.09. The van der Waals surface area contributed by atoms with Gasteiger partial charge in [0.1, 0.15) is 5.82 Å². The van der Waals surface area contributed by atoms with E-state index in [4.69, 9.17) is 5.11 Å². The monoisotopic (exact) mass is 331 g/mol. The van der Waals surface area contributed by atoms with Gasteiger partial charge in [0.2, 0.25) is 0 Å². The Labute approximate surface area is 123 Å². The number of hydrogen-bond acceptors (Lipinski definition) is 2. The highest BCUT2D eigenvalue weighted by Gasteiger charge is 2.25. The zero-order chi connectivity index (χ0) is 14.6. The summed E-state index contributed by atoms with van der Waals surface area (Å²) in [5, 5.41) is 12.7. The lowest BCUT2D eigenvalue weighted by Gasteiger charge is -2.34. The molecule has 0 aliphatic heterocycles. The number of aliphatic hydroxyl groups is 1. The zero-order valence-corrected chi connectivity index (χ0v) is 13.6. The van der Waals surface area contributed by atoms with Gasteiger partial charge in [0, 0.05) is 18.7 Å². The van der Waals surface area contributed by atoms with E-state index in [1.807, 2.05) is 0 Å². The SMILES string of the molecule is CC(NC(CCO)C(C)(C)C)c1ccc(F)c(Br)c1. The molecule has 0 amide bonds. The predicted octanol–water partition coefficient (Wildman–Crippen LogP) is 4.04. The van der Waals surface area contributed by atoms with E-state index < -0.39 is 0 Å². The standard InChI is InChI=1S/C15H23BrFNO/c1-10(11-5-6-13(17)12(16)9-11)18-14(7-8-19)15(2,3)4/h5-6,9-10,14,18-19H,7-8H2,1-4H3. The van der Waals surface area contributed by atoms with Crippen molar-refractivity contribution >= 4 is 15.9 Å². The fourth-order valence-corrected chi connectivity index (χ4v) is 2.47. The zero-order valence-electron chi connectivity index (χ0n) is 12.0. The number of halogens is 2. The molecule has 1 aromatic rings. The fraction of sp³-hybridized carbons (Fsp3) is 0.600. The van der Waals surface area contributed by atoms with Gasteiger partial charge < -0.3 is 10.4 Å². The molecule has 0 saturated carbocycles. The van der Waals surface area contributed by atoms with Crippen molar-refractivity contribution in [2.75, 3.05) is 6.61 Å². The summed E-state index contributed by atoms with van der Waals surface area (Å²) in [5.74, 6) is -0.251. The minimum atomic E-state index is -0.251. The maximum Gasteiger partial charge on any atom is 0.137 e. The summed E-state index contributed by atoms with van der Waals surface area (Å²) in [6, 6.07) is 5.36. The molecule has 0 aromatic heterocycles. The van der Waals surface area contributed by atoms with Crippen molar-refractivity contribution in [1.29, 1.82) is 0 Å². The Hall–Kier alpha value is -0.450. The Bertz CT molecular complexity index is 417. The highest BCUT2D eigenvalue weighted by atomic mass is 79.9. The van der Waals surface area contributed by atoms with E-state index in [1.165, 1.54) is 6.07 Å². The molecule has 0 heterocycles. The maximum atomic E-state index is 13.2. The Morgan fingerprint density at radius 3 is 2.47 bits per heavy atom. The molecule has 0 bridgehead atoms. The Kier molecular flexibility index (Phi) is 5.96. The molecule has 2 atom stereocenters. The molecule has 1 aromatic carbocycles. The van der Waals surface area contributed by atoms with Gasteiger partial charge in [-0.1, -0.05) is 26.8 Å². The molecule has 19 heavy (non-hydrogen) atoms. The normalized spacial score (nSPS) is 15.3. The van der Waals surface area contributed by atoms with Crippen LogP contribution in [0.3, 0.4) is 0 Å². The Morgan fingerprint density at radius 1 is 1.37 bits per heavy atom. The van der Waals surface area contributed by atoms with Crippen molar-refractivity contribution in [2.45, 2.75) is 46.2 Å². The van der Waals surface area contributed by atoms with E-state index in [0.29, 0.717) is 10.9 Å². The van der Waals surface area contributed by atoms with Gasteiger partial charge >= 0.3 is 0 Å². The van der Waals surface area contributed by atoms with Crippen molar-refractivity contribution in [1.82, 2.24) is 5.32 Å². The highest BCUT2D eigenvalue weighted by molar-refractivity contribution is 9.10. The van der Waals surface area contributed by atoms with Gasteiger partial charge in [0.15, 0.2) is 0 Å². The molecular formula is C15H23BrFNO. The lowest BCUT2D eigenvalue weighted by atomic mass is 9.84.